The normalized spacial score (nSPS) is 11.7. The van der Waals surface area contributed by atoms with E-state index in [-0.39, 0.29) is 32.5 Å². The SMILES string of the molecule is CCC(=O)OC[C@@H](CCOC(=O)/C=C/C(=O)O)OC(=O)CC. The van der Waals surface area contributed by atoms with E-state index in [4.69, 9.17) is 19.3 Å². The van der Waals surface area contributed by atoms with Gasteiger partial charge in [0.15, 0.2) is 0 Å². The first-order valence-electron chi connectivity index (χ1n) is 6.81. The molecule has 0 aliphatic rings. The Morgan fingerprint density at radius 2 is 1.64 bits per heavy atom. The van der Waals surface area contributed by atoms with Crippen LogP contribution in [0.1, 0.15) is 33.1 Å². The molecule has 0 fully saturated rings. The molecule has 0 rings (SSSR count). The van der Waals surface area contributed by atoms with Crippen molar-refractivity contribution in [1.82, 2.24) is 0 Å². The van der Waals surface area contributed by atoms with Crippen LogP contribution >= 0.6 is 0 Å². The monoisotopic (exact) mass is 316 g/mol. The zero-order valence-corrected chi connectivity index (χ0v) is 12.6. The highest BCUT2D eigenvalue weighted by atomic mass is 16.6. The van der Waals surface area contributed by atoms with Crippen LogP contribution in [0, 0.1) is 0 Å². The predicted octanol–water partition coefficient (Wildman–Crippen LogP) is 0.835. The van der Waals surface area contributed by atoms with E-state index >= 15 is 0 Å². The van der Waals surface area contributed by atoms with Gasteiger partial charge in [0.2, 0.25) is 0 Å². The van der Waals surface area contributed by atoms with E-state index in [1.54, 1.807) is 13.8 Å². The first kappa shape index (κ1) is 19.6. The van der Waals surface area contributed by atoms with Gasteiger partial charge in [-0.1, -0.05) is 13.8 Å². The average molecular weight is 316 g/mol. The minimum atomic E-state index is -1.27. The lowest BCUT2D eigenvalue weighted by Gasteiger charge is -2.17. The molecule has 0 saturated heterocycles. The Morgan fingerprint density at radius 3 is 2.18 bits per heavy atom. The van der Waals surface area contributed by atoms with Gasteiger partial charge in [-0.25, -0.2) is 9.59 Å². The second-order valence-corrected chi connectivity index (χ2v) is 4.13. The minimum absolute atomic E-state index is 0.103. The lowest BCUT2D eigenvalue weighted by Crippen LogP contribution is -2.26. The van der Waals surface area contributed by atoms with Gasteiger partial charge in [-0.3, -0.25) is 9.59 Å². The fraction of sp³-hybridized carbons (Fsp3) is 0.571. The predicted molar refractivity (Wildman–Crippen MR) is 73.8 cm³/mol. The first-order valence-corrected chi connectivity index (χ1v) is 6.81. The van der Waals surface area contributed by atoms with Crippen molar-refractivity contribution < 1.29 is 38.5 Å². The quantitative estimate of drug-likeness (QED) is 0.358. The summed E-state index contributed by atoms with van der Waals surface area (Å²) < 4.78 is 14.7. The van der Waals surface area contributed by atoms with Crippen molar-refractivity contribution in [2.24, 2.45) is 0 Å². The Bertz CT molecular complexity index is 427. The number of esters is 3. The van der Waals surface area contributed by atoms with E-state index in [1.165, 1.54) is 0 Å². The summed E-state index contributed by atoms with van der Waals surface area (Å²) >= 11 is 0. The summed E-state index contributed by atoms with van der Waals surface area (Å²) in [5.41, 5.74) is 0. The van der Waals surface area contributed by atoms with Crippen LogP contribution in [0.3, 0.4) is 0 Å². The third-order valence-corrected chi connectivity index (χ3v) is 2.35. The van der Waals surface area contributed by atoms with Gasteiger partial charge in [0.25, 0.3) is 0 Å². The molecule has 0 aliphatic heterocycles. The van der Waals surface area contributed by atoms with E-state index in [2.05, 4.69) is 0 Å². The lowest BCUT2D eigenvalue weighted by molar-refractivity contribution is -0.160. The molecule has 0 radical (unpaired) electrons. The molecule has 0 heterocycles. The highest BCUT2D eigenvalue weighted by Gasteiger charge is 2.16. The van der Waals surface area contributed by atoms with Crippen molar-refractivity contribution in [2.45, 2.75) is 39.2 Å². The van der Waals surface area contributed by atoms with Crippen LogP contribution in [0.5, 0.6) is 0 Å². The van der Waals surface area contributed by atoms with E-state index < -0.39 is 30.0 Å². The molecular formula is C14H20O8. The van der Waals surface area contributed by atoms with Gasteiger partial charge in [-0.05, 0) is 0 Å². The van der Waals surface area contributed by atoms with E-state index in [0.717, 1.165) is 6.08 Å². The first-order chi connectivity index (χ1) is 10.4. The molecule has 1 N–H and O–H groups in total. The van der Waals surface area contributed by atoms with Gasteiger partial charge in [-0.2, -0.15) is 0 Å². The number of carboxylic acid groups (broad SMARTS) is 1. The molecule has 0 amide bonds. The maximum absolute atomic E-state index is 11.3. The van der Waals surface area contributed by atoms with Gasteiger partial charge in [0.05, 0.1) is 6.61 Å². The number of aliphatic carboxylic acids is 1. The number of carbonyl (C=O) groups is 4. The van der Waals surface area contributed by atoms with Crippen LogP contribution in [-0.2, 0) is 33.4 Å². The largest absolute Gasteiger partial charge is 0.478 e. The summed E-state index contributed by atoms with van der Waals surface area (Å²) in [5, 5.41) is 8.35. The number of rotatable bonds is 10. The minimum Gasteiger partial charge on any atom is -0.478 e. The molecule has 22 heavy (non-hydrogen) atoms. The number of hydrogen-bond donors (Lipinski definition) is 1. The average Bonchev–Trinajstić information content (AvgIpc) is 2.49. The van der Waals surface area contributed by atoms with Crippen molar-refractivity contribution in [3.05, 3.63) is 12.2 Å². The van der Waals surface area contributed by atoms with Gasteiger partial charge in [0, 0.05) is 31.4 Å². The zero-order chi connectivity index (χ0) is 17.0. The van der Waals surface area contributed by atoms with E-state index in [0.29, 0.717) is 6.08 Å². The number of carbonyl (C=O) groups excluding carboxylic acids is 3. The van der Waals surface area contributed by atoms with Gasteiger partial charge in [-0.15, -0.1) is 0 Å². The number of ether oxygens (including phenoxy) is 3. The summed E-state index contributed by atoms with van der Waals surface area (Å²) in [4.78, 5) is 43.7. The Balaban J connectivity index is 4.27. The number of hydrogen-bond acceptors (Lipinski definition) is 7. The van der Waals surface area contributed by atoms with Crippen LogP contribution in [-0.4, -0.2) is 48.3 Å². The molecule has 124 valence electrons. The van der Waals surface area contributed by atoms with Crippen LogP contribution in [0.15, 0.2) is 12.2 Å². The molecule has 8 heteroatoms. The summed E-state index contributed by atoms with van der Waals surface area (Å²) in [6.07, 6.45) is 1.20. The molecular weight excluding hydrogens is 296 g/mol. The van der Waals surface area contributed by atoms with Crippen LogP contribution in [0.4, 0.5) is 0 Å². The fourth-order valence-electron chi connectivity index (χ4n) is 1.21. The van der Waals surface area contributed by atoms with Crippen molar-refractivity contribution in [3.8, 4) is 0 Å². The molecule has 0 unspecified atom stereocenters. The molecule has 0 aliphatic carbocycles. The molecule has 0 aromatic heterocycles. The van der Waals surface area contributed by atoms with Crippen LogP contribution < -0.4 is 0 Å². The fourth-order valence-corrected chi connectivity index (χ4v) is 1.21. The highest BCUT2D eigenvalue weighted by Crippen LogP contribution is 2.04. The van der Waals surface area contributed by atoms with Crippen molar-refractivity contribution in [3.63, 3.8) is 0 Å². The standard InChI is InChI=1S/C14H20O8/c1-3-12(17)21-9-10(22-13(18)4-2)7-8-20-14(19)6-5-11(15)16/h5-6,10H,3-4,7-9H2,1-2H3,(H,15,16)/b6-5+/t10-/m1/s1. The summed E-state index contributed by atoms with van der Waals surface area (Å²) in [6.45, 7) is 3.02. The second kappa shape index (κ2) is 11.3. The Kier molecular flexibility index (Phi) is 10.1. The van der Waals surface area contributed by atoms with Crippen molar-refractivity contribution in [1.29, 1.82) is 0 Å². The van der Waals surface area contributed by atoms with Crippen molar-refractivity contribution >= 4 is 23.9 Å². The van der Waals surface area contributed by atoms with E-state index in [9.17, 15) is 19.2 Å². The maximum atomic E-state index is 11.3. The van der Waals surface area contributed by atoms with Gasteiger partial charge in [0.1, 0.15) is 12.7 Å². The molecule has 0 aromatic carbocycles. The number of carboxylic acids is 1. The third kappa shape index (κ3) is 10.4. The van der Waals surface area contributed by atoms with Gasteiger partial charge >= 0.3 is 23.9 Å². The van der Waals surface area contributed by atoms with Gasteiger partial charge < -0.3 is 19.3 Å². The van der Waals surface area contributed by atoms with Crippen LogP contribution in [0.25, 0.3) is 0 Å². The lowest BCUT2D eigenvalue weighted by atomic mass is 10.2. The van der Waals surface area contributed by atoms with Crippen LogP contribution in [0.2, 0.25) is 0 Å². The summed E-state index contributed by atoms with van der Waals surface area (Å²) in [5.74, 6) is -2.99. The molecule has 8 nitrogen and oxygen atoms in total. The third-order valence-electron chi connectivity index (χ3n) is 2.35. The second-order valence-electron chi connectivity index (χ2n) is 4.13. The molecule has 0 spiro atoms. The van der Waals surface area contributed by atoms with E-state index in [1.807, 2.05) is 0 Å². The smallest absolute Gasteiger partial charge is 0.331 e. The molecule has 0 saturated carbocycles. The molecule has 1 atom stereocenters. The zero-order valence-electron chi connectivity index (χ0n) is 12.6. The topological polar surface area (TPSA) is 116 Å². The summed E-state index contributed by atoms with van der Waals surface area (Å²) in [6, 6.07) is 0. The Labute approximate surface area is 128 Å². The molecule has 0 aromatic rings. The molecule has 0 bridgehead atoms. The summed E-state index contributed by atoms with van der Waals surface area (Å²) in [7, 11) is 0. The maximum Gasteiger partial charge on any atom is 0.331 e. The highest BCUT2D eigenvalue weighted by molar-refractivity contribution is 5.90. The Morgan fingerprint density at radius 1 is 1.00 bits per heavy atom. The van der Waals surface area contributed by atoms with Crippen molar-refractivity contribution in [2.75, 3.05) is 13.2 Å². The Hall–Kier alpha value is -2.38.